The zero-order valence-corrected chi connectivity index (χ0v) is 13.8. The molecule has 0 saturated heterocycles. The van der Waals surface area contributed by atoms with E-state index in [9.17, 15) is 0 Å². The van der Waals surface area contributed by atoms with Gasteiger partial charge < -0.3 is 10.3 Å². The molecule has 21 heavy (non-hydrogen) atoms. The van der Waals surface area contributed by atoms with Crippen molar-refractivity contribution >= 4 is 15.9 Å². The molecule has 0 unspecified atom stereocenters. The van der Waals surface area contributed by atoms with Crippen LogP contribution in [0.5, 0.6) is 0 Å². The normalized spacial score (nSPS) is 26.0. The molecule has 1 aromatic carbocycles. The van der Waals surface area contributed by atoms with Crippen LogP contribution in [0, 0.1) is 5.92 Å². The van der Waals surface area contributed by atoms with Gasteiger partial charge in [0.1, 0.15) is 0 Å². The molecule has 0 amide bonds. The van der Waals surface area contributed by atoms with Crippen molar-refractivity contribution in [2.45, 2.75) is 38.0 Å². The van der Waals surface area contributed by atoms with Crippen molar-refractivity contribution < 1.29 is 4.52 Å². The summed E-state index contributed by atoms with van der Waals surface area (Å²) in [7, 11) is 0. The molecule has 0 bridgehead atoms. The van der Waals surface area contributed by atoms with Crippen LogP contribution in [0.4, 0.5) is 0 Å². The van der Waals surface area contributed by atoms with Crippen LogP contribution in [0.1, 0.15) is 38.5 Å². The van der Waals surface area contributed by atoms with Crippen LogP contribution in [0.25, 0.3) is 11.4 Å². The van der Waals surface area contributed by atoms with E-state index < -0.39 is 0 Å². The first-order valence-electron chi connectivity index (χ1n) is 7.43. The van der Waals surface area contributed by atoms with E-state index >= 15 is 0 Å². The van der Waals surface area contributed by atoms with Gasteiger partial charge in [0.15, 0.2) is 0 Å². The predicted octanol–water partition coefficient (Wildman–Crippen LogP) is 3.91. The van der Waals surface area contributed by atoms with E-state index in [1.807, 2.05) is 24.3 Å². The molecule has 1 heterocycles. The van der Waals surface area contributed by atoms with E-state index in [4.69, 9.17) is 10.3 Å². The minimum absolute atomic E-state index is 0.135. The summed E-state index contributed by atoms with van der Waals surface area (Å²) in [6.07, 6.45) is 4.41. The van der Waals surface area contributed by atoms with Crippen molar-refractivity contribution in [3.05, 3.63) is 34.6 Å². The molecule has 1 saturated carbocycles. The number of aromatic nitrogens is 2. The Morgan fingerprint density at radius 1 is 1.38 bits per heavy atom. The van der Waals surface area contributed by atoms with Gasteiger partial charge in [-0.3, -0.25) is 0 Å². The Hall–Kier alpha value is -1.20. The van der Waals surface area contributed by atoms with Gasteiger partial charge in [0.2, 0.25) is 11.7 Å². The SMILES string of the molecule is CC1CCC(CN)(c2nc(-c3cccc(Br)c3)no2)CC1. The van der Waals surface area contributed by atoms with Gasteiger partial charge in [-0.1, -0.05) is 40.1 Å². The predicted molar refractivity (Wildman–Crippen MR) is 85.8 cm³/mol. The van der Waals surface area contributed by atoms with Crippen molar-refractivity contribution in [3.63, 3.8) is 0 Å². The average Bonchev–Trinajstić information content (AvgIpc) is 2.99. The minimum atomic E-state index is -0.135. The van der Waals surface area contributed by atoms with Crippen molar-refractivity contribution in [3.8, 4) is 11.4 Å². The second-order valence-corrected chi connectivity index (χ2v) is 7.02. The van der Waals surface area contributed by atoms with Gasteiger partial charge in [-0.25, -0.2) is 0 Å². The summed E-state index contributed by atoms with van der Waals surface area (Å²) in [5, 5.41) is 4.15. The average molecular weight is 350 g/mol. The fourth-order valence-corrected chi connectivity index (χ4v) is 3.40. The molecule has 5 heteroatoms. The lowest BCUT2D eigenvalue weighted by Crippen LogP contribution is -2.39. The molecule has 1 aliphatic rings. The van der Waals surface area contributed by atoms with E-state index in [0.29, 0.717) is 18.3 Å². The smallest absolute Gasteiger partial charge is 0.234 e. The van der Waals surface area contributed by atoms with Crippen LogP contribution in [-0.4, -0.2) is 16.7 Å². The molecule has 0 aliphatic heterocycles. The maximum absolute atomic E-state index is 6.05. The third-order valence-corrected chi connectivity index (χ3v) is 5.08. The molecule has 112 valence electrons. The van der Waals surface area contributed by atoms with Crippen LogP contribution >= 0.6 is 15.9 Å². The molecule has 1 aliphatic carbocycles. The zero-order valence-electron chi connectivity index (χ0n) is 12.2. The first-order chi connectivity index (χ1) is 10.1. The van der Waals surface area contributed by atoms with Crippen LogP contribution < -0.4 is 5.73 Å². The van der Waals surface area contributed by atoms with E-state index in [1.165, 1.54) is 12.8 Å². The maximum Gasteiger partial charge on any atom is 0.234 e. The standard InChI is InChI=1S/C16H20BrN3O/c1-11-5-7-16(10-18,8-6-11)15-19-14(20-21-15)12-3-2-4-13(17)9-12/h2-4,9,11H,5-8,10,18H2,1H3. The van der Waals surface area contributed by atoms with E-state index in [-0.39, 0.29) is 5.41 Å². The monoisotopic (exact) mass is 349 g/mol. The van der Waals surface area contributed by atoms with Gasteiger partial charge in [0, 0.05) is 16.6 Å². The fraction of sp³-hybridized carbons (Fsp3) is 0.500. The van der Waals surface area contributed by atoms with Gasteiger partial charge in [0.05, 0.1) is 5.41 Å². The summed E-state index contributed by atoms with van der Waals surface area (Å²) >= 11 is 3.47. The highest BCUT2D eigenvalue weighted by Crippen LogP contribution is 2.40. The van der Waals surface area contributed by atoms with Crippen LogP contribution in [0.2, 0.25) is 0 Å². The molecular formula is C16H20BrN3O. The van der Waals surface area contributed by atoms with Crippen molar-refractivity contribution in [2.75, 3.05) is 6.54 Å². The largest absolute Gasteiger partial charge is 0.338 e. The van der Waals surface area contributed by atoms with Crippen molar-refractivity contribution in [2.24, 2.45) is 11.7 Å². The number of nitrogens with zero attached hydrogens (tertiary/aromatic N) is 2. The summed E-state index contributed by atoms with van der Waals surface area (Å²) in [5.41, 5.74) is 6.87. The molecule has 1 aromatic heterocycles. The number of benzene rings is 1. The minimum Gasteiger partial charge on any atom is -0.338 e. The van der Waals surface area contributed by atoms with Crippen LogP contribution in [0.15, 0.2) is 33.3 Å². The number of halogens is 1. The quantitative estimate of drug-likeness (QED) is 0.912. The second-order valence-electron chi connectivity index (χ2n) is 6.10. The lowest BCUT2D eigenvalue weighted by atomic mass is 9.71. The number of hydrogen-bond acceptors (Lipinski definition) is 4. The summed E-state index contributed by atoms with van der Waals surface area (Å²) in [4.78, 5) is 4.63. The summed E-state index contributed by atoms with van der Waals surface area (Å²) in [6.45, 7) is 2.86. The first kappa shape index (κ1) is 14.7. The molecule has 0 spiro atoms. The summed E-state index contributed by atoms with van der Waals surface area (Å²) in [6, 6.07) is 7.93. The van der Waals surface area contributed by atoms with Crippen molar-refractivity contribution in [1.82, 2.24) is 10.1 Å². The Bertz CT molecular complexity index is 617. The highest BCUT2D eigenvalue weighted by atomic mass is 79.9. The summed E-state index contributed by atoms with van der Waals surface area (Å²) < 4.78 is 6.58. The lowest BCUT2D eigenvalue weighted by molar-refractivity contribution is 0.191. The first-order valence-corrected chi connectivity index (χ1v) is 8.22. The Labute approximate surface area is 133 Å². The van der Waals surface area contributed by atoms with Gasteiger partial charge >= 0.3 is 0 Å². The molecule has 2 N–H and O–H groups in total. The molecule has 3 rings (SSSR count). The topological polar surface area (TPSA) is 64.9 Å². The van der Waals surface area contributed by atoms with Gasteiger partial charge in [-0.2, -0.15) is 4.98 Å². The van der Waals surface area contributed by atoms with E-state index in [1.54, 1.807) is 0 Å². The molecule has 0 radical (unpaired) electrons. The molecule has 4 nitrogen and oxygen atoms in total. The fourth-order valence-electron chi connectivity index (χ4n) is 3.00. The molecule has 1 fully saturated rings. The lowest BCUT2D eigenvalue weighted by Gasteiger charge is -2.35. The Morgan fingerprint density at radius 3 is 2.81 bits per heavy atom. The third kappa shape index (κ3) is 2.90. The second kappa shape index (κ2) is 5.89. The number of rotatable bonds is 3. The van der Waals surface area contributed by atoms with Gasteiger partial charge in [0.25, 0.3) is 0 Å². The van der Waals surface area contributed by atoms with E-state index in [2.05, 4.69) is 33.0 Å². The van der Waals surface area contributed by atoms with E-state index in [0.717, 1.165) is 28.8 Å². The summed E-state index contributed by atoms with van der Waals surface area (Å²) in [5.74, 6) is 2.10. The number of nitrogens with two attached hydrogens (primary N) is 1. The zero-order chi connectivity index (χ0) is 14.9. The van der Waals surface area contributed by atoms with Gasteiger partial charge in [-0.15, -0.1) is 0 Å². The molecule has 2 aromatic rings. The Morgan fingerprint density at radius 2 is 2.14 bits per heavy atom. The third-order valence-electron chi connectivity index (χ3n) is 4.58. The molecule has 0 atom stereocenters. The maximum atomic E-state index is 6.05. The Kier molecular flexibility index (Phi) is 4.13. The molecular weight excluding hydrogens is 330 g/mol. The number of hydrogen-bond donors (Lipinski definition) is 1. The van der Waals surface area contributed by atoms with Crippen molar-refractivity contribution in [1.29, 1.82) is 0 Å². The highest BCUT2D eigenvalue weighted by Gasteiger charge is 2.39. The van der Waals surface area contributed by atoms with Crippen LogP contribution in [0.3, 0.4) is 0 Å². The Balaban J connectivity index is 1.90. The van der Waals surface area contributed by atoms with Gasteiger partial charge in [-0.05, 0) is 43.7 Å². The highest BCUT2D eigenvalue weighted by molar-refractivity contribution is 9.10. The van der Waals surface area contributed by atoms with Crippen LogP contribution in [-0.2, 0) is 5.41 Å².